The molecule has 1 saturated heterocycles. The van der Waals surface area contributed by atoms with Crippen LogP contribution in [0.3, 0.4) is 0 Å². The van der Waals surface area contributed by atoms with Gasteiger partial charge in [-0.1, -0.05) is 6.92 Å². The molecule has 0 spiro atoms. The van der Waals surface area contributed by atoms with E-state index in [2.05, 4.69) is 15.5 Å². The first-order chi connectivity index (χ1) is 11.2. The summed E-state index contributed by atoms with van der Waals surface area (Å²) in [6.45, 7) is 4.86. The van der Waals surface area contributed by atoms with Crippen LogP contribution in [0.4, 0.5) is 0 Å². The minimum Gasteiger partial charge on any atom is -0.465 e. The number of likely N-dealkylation sites (tertiary alicyclic amines) is 1. The molecule has 2 N–H and O–H groups in total. The van der Waals surface area contributed by atoms with E-state index in [-0.39, 0.29) is 17.9 Å². The zero-order valence-corrected chi connectivity index (χ0v) is 13.6. The molecule has 0 radical (unpaired) electrons. The van der Waals surface area contributed by atoms with Crippen LogP contribution in [-0.4, -0.2) is 48.9 Å². The van der Waals surface area contributed by atoms with Gasteiger partial charge < -0.3 is 15.1 Å². The number of carbonyl (C=O) groups is 2. The summed E-state index contributed by atoms with van der Waals surface area (Å²) in [6.07, 6.45) is 7.39. The van der Waals surface area contributed by atoms with Crippen LogP contribution < -0.4 is 10.6 Å². The summed E-state index contributed by atoms with van der Waals surface area (Å²) < 4.78 is 5.14. The van der Waals surface area contributed by atoms with Crippen molar-refractivity contribution in [1.29, 1.82) is 0 Å². The molecule has 1 fully saturated rings. The van der Waals surface area contributed by atoms with E-state index in [4.69, 9.17) is 4.42 Å². The molecule has 1 aliphatic rings. The zero-order chi connectivity index (χ0) is 16.5. The third-order valence-corrected chi connectivity index (χ3v) is 3.82. The first-order valence-electron chi connectivity index (χ1n) is 8.18. The highest BCUT2D eigenvalue weighted by molar-refractivity contribution is 5.91. The van der Waals surface area contributed by atoms with Gasteiger partial charge in [-0.15, -0.1) is 0 Å². The van der Waals surface area contributed by atoms with Gasteiger partial charge in [0.05, 0.1) is 12.8 Å². The standard InChI is InChI=1S/C17H25N3O3/c1-2-9-18-17(22)13-20-10-7-14(8-11-20)19-16(21)6-5-15-4-3-12-23-15/h3-6,12,14H,2,7-11,13H2,1H3,(H,18,22)(H,19,21)/b6-5-. The van der Waals surface area contributed by atoms with Crippen molar-refractivity contribution in [3.8, 4) is 0 Å². The summed E-state index contributed by atoms with van der Waals surface area (Å²) in [7, 11) is 0. The van der Waals surface area contributed by atoms with Gasteiger partial charge in [-0.2, -0.15) is 0 Å². The molecule has 2 rings (SSSR count). The first kappa shape index (κ1) is 17.3. The molecule has 1 aromatic heterocycles. The second-order valence-corrected chi connectivity index (χ2v) is 5.76. The molecule has 0 bridgehead atoms. The molecule has 0 aromatic carbocycles. The fraction of sp³-hybridized carbons (Fsp3) is 0.529. The summed E-state index contributed by atoms with van der Waals surface area (Å²) in [5.41, 5.74) is 0. The van der Waals surface area contributed by atoms with Gasteiger partial charge in [-0.25, -0.2) is 0 Å². The number of nitrogens with zero attached hydrogens (tertiary/aromatic N) is 1. The first-order valence-corrected chi connectivity index (χ1v) is 8.18. The third-order valence-electron chi connectivity index (χ3n) is 3.82. The van der Waals surface area contributed by atoms with E-state index in [1.807, 2.05) is 6.92 Å². The molecule has 126 valence electrons. The number of amides is 2. The van der Waals surface area contributed by atoms with E-state index < -0.39 is 0 Å². The molecule has 0 unspecified atom stereocenters. The zero-order valence-electron chi connectivity index (χ0n) is 13.6. The predicted octanol–water partition coefficient (Wildman–Crippen LogP) is 1.40. The third kappa shape index (κ3) is 6.28. The normalized spacial score (nSPS) is 16.6. The number of nitrogens with one attached hydrogen (secondary N) is 2. The lowest BCUT2D eigenvalue weighted by atomic mass is 10.0. The maximum absolute atomic E-state index is 11.9. The number of furan rings is 1. The van der Waals surface area contributed by atoms with Crippen molar-refractivity contribution in [3.05, 3.63) is 30.2 Å². The highest BCUT2D eigenvalue weighted by Crippen LogP contribution is 2.10. The van der Waals surface area contributed by atoms with E-state index in [1.54, 1.807) is 24.5 Å². The van der Waals surface area contributed by atoms with Crippen molar-refractivity contribution in [2.45, 2.75) is 32.2 Å². The lowest BCUT2D eigenvalue weighted by Gasteiger charge is -2.31. The molecular formula is C17H25N3O3. The minimum atomic E-state index is -0.111. The van der Waals surface area contributed by atoms with Gasteiger partial charge in [0, 0.05) is 31.8 Å². The highest BCUT2D eigenvalue weighted by atomic mass is 16.3. The molecule has 6 nitrogen and oxygen atoms in total. The maximum atomic E-state index is 11.9. The Labute approximate surface area is 136 Å². The molecule has 2 heterocycles. The second-order valence-electron chi connectivity index (χ2n) is 5.76. The van der Waals surface area contributed by atoms with Gasteiger partial charge in [0.1, 0.15) is 5.76 Å². The lowest BCUT2D eigenvalue weighted by molar-refractivity contribution is -0.123. The van der Waals surface area contributed by atoms with Crippen LogP contribution in [0.2, 0.25) is 0 Å². The molecule has 1 aliphatic heterocycles. The Kier molecular flexibility index (Phi) is 6.87. The highest BCUT2D eigenvalue weighted by Gasteiger charge is 2.21. The van der Waals surface area contributed by atoms with E-state index >= 15 is 0 Å². The summed E-state index contributed by atoms with van der Waals surface area (Å²) in [6, 6.07) is 3.74. The summed E-state index contributed by atoms with van der Waals surface area (Å²) in [5.74, 6) is 0.629. The largest absolute Gasteiger partial charge is 0.465 e. The number of piperidine rings is 1. The minimum absolute atomic E-state index is 0.0794. The Morgan fingerprint density at radius 1 is 1.39 bits per heavy atom. The van der Waals surface area contributed by atoms with E-state index in [9.17, 15) is 9.59 Å². The van der Waals surface area contributed by atoms with Crippen LogP contribution in [0.1, 0.15) is 31.9 Å². The number of rotatable bonds is 7. The number of hydrogen-bond acceptors (Lipinski definition) is 4. The van der Waals surface area contributed by atoms with Crippen LogP contribution in [0.25, 0.3) is 6.08 Å². The maximum Gasteiger partial charge on any atom is 0.244 e. The number of hydrogen-bond donors (Lipinski definition) is 2. The monoisotopic (exact) mass is 319 g/mol. The van der Waals surface area contributed by atoms with Crippen LogP contribution in [-0.2, 0) is 9.59 Å². The topological polar surface area (TPSA) is 74.6 Å². The Hall–Kier alpha value is -2.08. The van der Waals surface area contributed by atoms with Crippen molar-refractivity contribution in [1.82, 2.24) is 15.5 Å². The van der Waals surface area contributed by atoms with Gasteiger partial charge in [-0.05, 0) is 37.5 Å². The van der Waals surface area contributed by atoms with Gasteiger partial charge in [-0.3, -0.25) is 14.5 Å². The van der Waals surface area contributed by atoms with Crippen molar-refractivity contribution >= 4 is 17.9 Å². The lowest BCUT2D eigenvalue weighted by Crippen LogP contribution is -2.47. The van der Waals surface area contributed by atoms with Crippen molar-refractivity contribution in [2.75, 3.05) is 26.2 Å². The second kappa shape index (κ2) is 9.15. The van der Waals surface area contributed by atoms with Crippen molar-refractivity contribution in [2.24, 2.45) is 0 Å². The average molecular weight is 319 g/mol. The average Bonchev–Trinajstić information content (AvgIpc) is 3.06. The van der Waals surface area contributed by atoms with Crippen LogP contribution in [0, 0.1) is 0 Å². The Balaban J connectivity index is 1.66. The fourth-order valence-corrected chi connectivity index (χ4v) is 2.55. The SMILES string of the molecule is CCCNC(=O)CN1CCC(NC(=O)/C=C\c2ccco2)CC1. The molecule has 6 heteroatoms. The van der Waals surface area contributed by atoms with Crippen LogP contribution in [0.15, 0.2) is 28.9 Å². The predicted molar refractivity (Wildman–Crippen MR) is 88.6 cm³/mol. The molecular weight excluding hydrogens is 294 g/mol. The molecule has 0 aliphatic carbocycles. The molecule has 2 amide bonds. The molecule has 1 aromatic rings. The van der Waals surface area contributed by atoms with Crippen molar-refractivity contribution in [3.63, 3.8) is 0 Å². The van der Waals surface area contributed by atoms with Crippen LogP contribution >= 0.6 is 0 Å². The quantitative estimate of drug-likeness (QED) is 0.745. The van der Waals surface area contributed by atoms with Gasteiger partial charge in [0.2, 0.25) is 11.8 Å². The molecule has 0 atom stereocenters. The van der Waals surface area contributed by atoms with E-state index in [1.165, 1.54) is 6.08 Å². The van der Waals surface area contributed by atoms with Gasteiger partial charge in [0.25, 0.3) is 0 Å². The summed E-state index contributed by atoms with van der Waals surface area (Å²) >= 11 is 0. The van der Waals surface area contributed by atoms with E-state index in [0.29, 0.717) is 12.3 Å². The fourth-order valence-electron chi connectivity index (χ4n) is 2.55. The Morgan fingerprint density at radius 3 is 2.83 bits per heavy atom. The van der Waals surface area contributed by atoms with Gasteiger partial charge >= 0.3 is 0 Å². The van der Waals surface area contributed by atoms with Crippen molar-refractivity contribution < 1.29 is 14.0 Å². The Morgan fingerprint density at radius 2 is 2.17 bits per heavy atom. The number of carbonyl (C=O) groups excluding carboxylic acids is 2. The smallest absolute Gasteiger partial charge is 0.244 e. The van der Waals surface area contributed by atoms with E-state index in [0.717, 1.165) is 38.9 Å². The summed E-state index contributed by atoms with van der Waals surface area (Å²) in [4.78, 5) is 25.7. The summed E-state index contributed by atoms with van der Waals surface area (Å²) in [5, 5.41) is 5.88. The molecule has 23 heavy (non-hydrogen) atoms. The Bertz CT molecular complexity index is 517. The van der Waals surface area contributed by atoms with Gasteiger partial charge in [0.15, 0.2) is 0 Å². The van der Waals surface area contributed by atoms with Crippen LogP contribution in [0.5, 0.6) is 0 Å². The molecule has 0 saturated carbocycles.